The number of nitrogens with one attached hydrogen (secondary N) is 1. The minimum atomic E-state index is -0.241. The van der Waals surface area contributed by atoms with Gasteiger partial charge in [-0.3, -0.25) is 9.69 Å². The maximum Gasteiger partial charge on any atom is 0.327 e. The smallest absolute Gasteiger partial charge is 0.327 e. The Balaban J connectivity index is 1.47. The number of para-hydroxylation sites is 1. The monoisotopic (exact) mass is 449 g/mol. The standard InChI is InChI=1S/C26H35N5O2/c1-3-29(4-2)19-21-11-7-8-16-30(21)17-15-28-26(33)31-23-13-6-5-12-22(23)24(32)18-20-10-9-14-27-25(20)31/h5-6,9-10,12-14,21H,3-4,7-8,11,15-19H2,1-2H3,(H,28,33). The second-order valence-corrected chi connectivity index (χ2v) is 8.84. The Bertz CT molecular complexity index is 975. The van der Waals surface area contributed by atoms with Crippen LogP contribution < -0.4 is 10.2 Å². The largest absolute Gasteiger partial charge is 0.336 e. The number of ketones is 1. The highest BCUT2D eigenvalue weighted by molar-refractivity contribution is 6.11. The first-order valence-electron chi connectivity index (χ1n) is 12.2. The number of hydrogen-bond acceptors (Lipinski definition) is 5. The van der Waals surface area contributed by atoms with Crippen molar-refractivity contribution in [3.63, 3.8) is 0 Å². The highest BCUT2D eigenvalue weighted by Gasteiger charge is 2.30. The van der Waals surface area contributed by atoms with Gasteiger partial charge in [0, 0.05) is 49.4 Å². The lowest BCUT2D eigenvalue weighted by atomic mass is 10.0. The lowest BCUT2D eigenvalue weighted by Gasteiger charge is -2.38. The highest BCUT2D eigenvalue weighted by atomic mass is 16.2. The first kappa shape index (κ1) is 23.4. The fraction of sp³-hybridized carbons (Fsp3) is 0.500. The quantitative estimate of drug-likeness (QED) is 0.695. The number of carbonyl (C=O) groups is 2. The minimum absolute atomic E-state index is 0.00251. The number of likely N-dealkylation sites (tertiary alicyclic amines) is 1. The number of urea groups is 1. The van der Waals surface area contributed by atoms with E-state index in [4.69, 9.17) is 0 Å². The third-order valence-electron chi connectivity index (χ3n) is 6.87. The predicted molar refractivity (Wildman–Crippen MR) is 131 cm³/mol. The van der Waals surface area contributed by atoms with Gasteiger partial charge in [-0.25, -0.2) is 14.7 Å². The number of benzene rings is 1. The molecule has 33 heavy (non-hydrogen) atoms. The SMILES string of the molecule is CCN(CC)CC1CCCCN1CCNC(=O)N1c2ccccc2C(=O)Cc2cccnc21. The molecule has 176 valence electrons. The van der Waals surface area contributed by atoms with Crippen LogP contribution in [0, 0.1) is 0 Å². The lowest BCUT2D eigenvalue weighted by Crippen LogP contribution is -2.50. The van der Waals surface area contributed by atoms with Gasteiger partial charge >= 0.3 is 6.03 Å². The normalized spacial score (nSPS) is 18.6. The molecule has 2 amide bonds. The van der Waals surface area contributed by atoms with Crippen LogP contribution in [-0.2, 0) is 6.42 Å². The van der Waals surface area contributed by atoms with Crippen LogP contribution >= 0.6 is 0 Å². The first-order valence-corrected chi connectivity index (χ1v) is 12.2. The van der Waals surface area contributed by atoms with Crippen molar-refractivity contribution in [1.82, 2.24) is 20.1 Å². The molecular formula is C26H35N5O2. The molecule has 1 atom stereocenters. The number of anilines is 2. The number of amides is 2. The Hall–Kier alpha value is -2.77. The molecule has 1 saturated heterocycles. The van der Waals surface area contributed by atoms with Crippen LogP contribution in [0.3, 0.4) is 0 Å². The number of rotatable bonds is 7. The van der Waals surface area contributed by atoms with E-state index in [1.54, 1.807) is 17.2 Å². The number of nitrogens with zero attached hydrogens (tertiary/aromatic N) is 4. The average molecular weight is 450 g/mol. The second kappa shape index (κ2) is 10.9. The van der Waals surface area contributed by atoms with Gasteiger partial charge in [0.25, 0.3) is 0 Å². The molecule has 1 aromatic carbocycles. The van der Waals surface area contributed by atoms with Crippen LogP contribution in [0.15, 0.2) is 42.6 Å². The van der Waals surface area contributed by atoms with Crippen molar-refractivity contribution in [3.05, 3.63) is 53.7 Å². The van der Waals surface area contributed by atoms with Crippen molar-refractivity contribution in [2.24, 2.45) is 0 Å². The van der Waals surface area contributed by atoms with Crippen molar-refractivity contribution in [2.45, 2.75) is 45.6 Å². The number of pyridine rings is 1. The maximum atomic E-state index is 13.4. The molecule has 2 aliphatic rings. The maximum absolute atomic E-state index is 13.4. The van der Waals surface area contributed by atoms with E-state index in [1.165, 1.54) is 19.3 Å². The third-order valence-corrected chi connectivity index (χ3v) is 6.87. The van der Waals surface area contributed by atoms with Crippen molar-refractivity contribution in [2.75, 3.05) is 44.2 Å². The van der Waals surface area contributed by atoms with Gasteiger partial charge in [-0.1, -0.05) is 38.5 Å². The molecule has 2 aliphatic heterocycles. The van der Waals surface area contributed by atoms with Crippen LogP contribution in [0.25, 0.3) is 0 Å². The van der Waals surface area contributed by atoms with Crippen LogP contribution in [0.5, 0.6) is 0 Å². The molecular weight excluding hydrogens is 414 g/mol. The van der Waals surface area contributed by atoms with Gasteiger partial charge in [0.05, 0.1) is 5.69 Å². The molecule has 7 heteroatoms. The fourth-order valence-corrected chi connectivity index (χ4v) is 4.99. The number of piperidine rings is 1. The van der Waals surface area contributed by atoms with E-state index in [0.717, 1.165) is 38.3 Å². The Morgan fingerprint density at radius 3 is 2.79 bits per heavy atom. The summed E-state index contributed by atoms with van der Waals surface area (Å²) in [4.78, 5) is 37.3. The minimum Gasteiger partial charge on any atom is -0.336 e. The first-order chi connectivity index (χ1) is 16.1. The Morgan fingerprint density at radius 2 is 1.97 bits per heavy atom. The summed E-state index contributed by atoms with van der Waals surface area (Å²) >= 11 is 0. The lowest BCUT2D eigenvalue weighted by molar-refractivity contribution is 0.0994. The van der Waals surface area contributed by atoms with Crippen LogP contribution in [0.1, 0.15) is 49.0 Å². The number of hydrogen-bond donors (Lipinski definition) is 1. The molecule has 1 aromatic heterocycles. The molecule has 2 aromatic rings. The Kier molecular flexibility index (Phi) is 7.73. The second-order valence-electron chi connectivity index (χ2n) is 8.84. The Morgan fingerprint density at radius 1 is 1.15 bits per heavy atom. The number of fused-ring (bicyclic) bond motifs is 2. The molecule has 3 heterocycles. The summed E-state index contributed by atoms with van der Waals surface area (Å²) in [5.41, 5.74) is 1.92. The summed E-state index contributed by atoms with van der Waals surface area (Å²) in [7, 11) is 0. The van der Waals surface area contributed by atoms with Crippen LogP contribution in [0.4, 0.5) is 16.3 Å². The van der Waals surface area contributed by atoms with Crippen molar-refractivity contribution in [1.29, 1.82) is 0 Å². The highest BCUT2D eigenvalue weighted by Crippen LogP contribution is 2.34. The number of aromatic nitrogens is 1. The third kappa shape index (κ3) is 5.25. The molecule has 1 unspecified atom stereocenters. The van der Waals surface area contributed by atoms with E-state index >= 15 is 0 Å². The summed E-state index contributed by atoms with van der Waals surface area (Å²) in [5, 5.41) is 3.11. The van der Waals surface area contributed by atoms with E-state index in [-0.39, 0.29) is 18.2 Å². The van der Waals surface area contributed by atoms with Gasteiger partial charge in [0.2, 0.25) is 0 Å². The molecule has 1 fully saturated rings. The van der Waals surface area contributed by atoms with Gasteiger partial charge in [0.1, 0.15) is 5.82 Å². The zero-order valence-electron chi connectivity index (χ0n) is 19.8. The van der Waals surface area contributed by atoms with E-state index in [9.17, 15) is 9.59 Å². The van der Waals surface area contributed by atoms with E-state index < -0.39 is 0 Å². The molecule has 0 saturated carbocycles. The van der Waals surface area contributed by atoms with E-state index in [0.29, 0.717) is 29.7 Å². The molecule has 0 aliphatic carbocycles. The molecule has 0 radical (unpaired) electrons. The molecule has 7 nitrogen and oxygen atoms in total. The van der Waals surface area contributed by atoms with Gasteiger partial charge in [-0.15, -0.1) is 0 Å². The summed E-state index contributed by atoms with van der Waals surface area (Å²) in [6, 6.07) is 11.3. The number of likely N-dealkylation sites (N-methyl/N-ethyl adjacent to an activating group) is 1. The predicted octanol–water partition coefficient (Wildman–Crippen LogP) is 3.86. The van der Waals surface area contributed by atoms with E-state index in [1.807, 2.05) is 30.3 Å². The number of carbonyl (C=O) groups excluding carboxylic acids is 2. The molecule has 4 rings (SSSR count). The summed E-state index contributed by atoms with van der Waals surface area (Å²) < 4.78 is 0. The molecule has 0 spiro atoms. The Labute approximate surface area is 196 Å². The summed E-state index contributed by atoms with van der Waals surface area (Å²) in [6.45, 7) is 10.1. The van der Waals surface area contributed by atoms with Gasteiger partial charge in [-0.05, 0) is 50.7 Å². The summed E-state index contributed by atoms with van der Waals surface area (Å²) in [5.74, 6) is 0.536. The average Bonchev–Trinajstić information content (AvgIpc) is 2.97. The fourth-order valence-electron chi connectivity index (χ4n) is 4.99. The van der Waals surface area contributed by atoms with Crippen molar-refractivity contribution in [3.8, 4) is 0 Å². The van der Waals surface area contributed by atoms with Crippen molar-refractivity contribution >= 4 is 23.3 Å². The van der Waals surface area contributed by atoms with Gasteiger partial charge in [0.15, 0.2) is 5.78 Å². The van der Waals surface area contributed by atoms with Crippen LogP contribution in [-0.4, -0.2) is 71.9 Å². The zero-order valence-corrected chi connectivity index (χ0v) is 19.8. The topological polar surface area (TPSA) is 68.8 Å². The number of Topliss-reactive ketones (excluding diaryl/α,β-unsaturated/α-hetero) is 1. The molecule has 1 N–H and O–H groups in total. The van der Waals surface area contributed by atoms with Crippen LogP contribution in [0.2, 0.25) is 0 Å². The van der Waals surface area contributed by atoms with Gasteiger partial charge < -0.3 is 10.2 Å². The van der Waals surface area contributed by atoms with Gasteiger partial charge in [-0.2, -0.15) is 0 Å². The van der Waals surface area contributed by atoms with Crippen molar-refractivity contribution < 1.29 is 9.59 Å². The van der Waals surface area contributed by atoms with E-state index in [2.05, 4.69) is 33.9 Å². The summed E-state index contributed by atoms with van der Waals surface area (Å²) in [6.07, 6.45) is 5.61. The molecule has 0 bridgehead atoms. The zero-order chi connectivity index (χ0) is 23.2.